The fourth-order valence-corrected chi connectivity index (χ4v) is 5.80. The molecule has 0 aliphatic carbocycles. The van der Waals surface area contributed by atoms with E-state index in [2.05, 4.69) is 10.6 Å². The summed E-state index contributed by atoms with van der Waals surface area (Å²) in [6.45, 7) is 14.1. The maximum absolute atomic E-state index is 13.6. The molecule has 2 N–H and O–H groups in total. The third-order valence-electron chi connectivity index (χ3n) is 8.13. The van der Waals surface area contributed by atoms with Crippen LogP contribution in [0.2, 0.25) is 0 Å². The predicted octanol–water partition coefficient (Wildman–Crippen LogP) is 6.24. The lowest BCUT2D eigenvalue weighted by Crippen LogP contribution is -2.67. The zero-order valence-electron chi connectivity index (χ0n) is 32.6. The molecule has 0 aromatic heterocycles. The van der Waals surface area contributed by atoms with Gasteiger partial charge >= 0.3 is 12.1 Å². The molecule has 2 amide bonds. The van der Waals surface area contributed by atoms with Crippen LogP contribution in [0.4, 0.5) is 4.79 Å². The number of esters is 1. The molecule has 12 heteroatoms. The van der Waals surface area contributed by atoms with Crippen molar-refractivity contribution in [3.8, 4) is 0 Å². The Morgan fingerprint density at radius 1 is 0.704 bits per heavy atom. The Hall–Kier alpha value is -4.33. The Balaban J connectivity index is 1.70. The Morgan fingerprint density at radius 2 is 1.19 bits per heavy atom. The minimum absolute atomic E-state index is 0.0756. The van der Waals surface area contributed by atoms with Gasteiger partial charge in [-0.3, -0.25) is 4.79 Å². The molecule has 0 unspecified atom stereocenters. The van der Waals surface area contributed by atoms with Crippen LogP contribution < -0.4 is 10.6 Å². The second kappa shape index (κ2) is 19.8. The third kappa shape index (κ3) is 14.1. The van der Waals surface area contributed by atoms with Gasteiger partial charge in [-0.25, -0.2) is 9.59 Å². The number of carbonyl (C=O) groups excluding carboxylic acids is 3. The van der Waals surface area contributed by atoms with Crippen LogP contribution in [0.3, 0.4) is 0 Å². The Labute approximate surface area is 319 Å². The summed E-state index contributed by atoms with van der Waals surface area (Å²) in [5.41, 5.74) is 1.10. The van der Waals surface area contributed by atoms with Gasteiger partial charge < -0.3 is 43.8 Å². The molecule has 54 heavy (non-hydrogen) atoms. The predicted molar refractivity (Wildman–Crippen MR) is 202 cm³/mol. The number of rotatable bonds is 16. The van der Waals surface area contributed by atoms with E-state index in [4.69, 9.17) is 33.2 Å². The van der Waals surface area contributed by atoms with Crippen molar-refractivity contribution in [1.82, 2.24) is 10.6 Å². The van der Waals surface area contributed by atoms with Crippen molar-refractivity contribution < 1.29 is 47.5 Å². The van der Waals surface area contributed by atoms with Crippen LogP contribution in [-0.4, -0.2) is 78.6 Å². The van der Waals surface area contributed by atoms with Crippen molar-refractivity contribution in [3.63, 3.8) is 0 Å². The van der Waals surface area contributed by atoms with Crippen LogP contribution >= 0.6 is 0 Å². The van der Waals surface area contributed by atoms with Crippen molar-refractivity contribution in [2.45, 2.75) is 129 Å². The molecule has 0 spiro atoms. The van der Waals surface area contributed by atoms with Crippen molar-refractivity contribution in [2.24, 2.45) is 0 Å². The minimum Gasteiger partial charge on any atom is -0.458 e. The maximum Gasteiger partial charge on any atom is 0.408 e. The van der Waals surface area contributed by atoms with Gasteiger partial charge in [0, 0.05) is 6.92 Å². The standard InChI is InChI=1S/C42H56N2O10/c1-28(34(38(46)53-41(3,4)5)44-40(47)54-42(6,7)8)51-39-35(43-29(2)45)37(50-26-32-22-16-11-17-23-32)36(49-25-31-20-14-10-15-21-31)33(52-39)27-48-24-30-18-12-9-13-19-30/h9-23,28,33-37,39H,24-27H2,1-8H3,(H,43,45)(H,44,47)/t28-,33-,34+,35-,36+,37-,39+/m1/s1. The van der Waals surface area contributed by atoms with Crippen molar-refractivity contribution in [1.29, 1.82) is 0 Å². The summed E-state index contributed by atoms with van der Waals surface area (Å²) in [4.78, 5) is 39.4. The largest absolute Gasteiger partial charge is 0.458 e. The van der Waals surface area contributed by atoms with Crippen LogP contribution in [-0.2, 0) is 62.6 Å². The number of carbonyl (C=O) groups is 3. The molecule has 1 fully saturated rings. The van der Waals surface area contributed by atoms with E-state index in [1.807, 2.05) is 91.0 Å². The van der Waals surface area contributed by atoms with E-state index in [1.54, 1.807) is 48.5 Å². The minimum atomic E-state index is -1.32. The van der Waals surface area contributed by atoms with Gasteiger partial charge in [0.05, 0.1) is 32.5 Å². The normalized spacial score (nSPS) is 21.4. The fraction of sp³-hybridized carbons (Fsp3) is 0.500. The number of nitrogens with one attached hydrogen (secondary N) is 2. The first-order chi connectivity index (χ1) is 25.6. The average molecular weight is 749 g/mol. The smallest absolute Gasteiger partial charge is 0.408 e. The van der Waals surface area contributed by atoms with E-state index in [0.717, 1.165) is 16.7 Å². The quantitative estimate of drug-likeness (QED) is 0.162. The summed E-state index contributed by atoms with van der Waals surface area (Å²) in [6, 6.07) is 26.8. The van der Waals surface area contributed by atoms with Crippen LogP contribution in [0, 0.1) is 0 Å². The zero-order chi connectivity index (χ0) is 39.3. The molecule has 294 valence electrons. The number of hydrogen-bond acceptors (Lipinski definition) is 10. The molecule has 0 radical (unpaired) electrons. The Morgan fingerprint density at radius 3 is 1.67 bits per heavy atom. The molecular formula is C42H56N2O10. The number of hydrogen-bond donors (Lipinski definition) is 2. The van der Waals surface area contributed by atoms with Gasteiger partial charge in [0.25, 0.3) is 0 Å². The molecule has 0 saturated carbocycles. The van der Waals surface area contributed by atoms with Gasteiger partial charge in [0.15, 0.2) is 12.3 Å². The van der Waals surface area contributed by atoms with Crippen LogP contribution in [0.1, 0.15) is 72.1 Å². The summed E-state index contributed by atoms with van der Waals surface area (Å²) in [5.74, 6) is -1.11. The van der Waals surface area contributed by atoms with Crippen LogP contribution in [0.5, 0.6) is 0 Å². The molecule has 1 aliphatic heterocycles. The van der Waals surface area contributed by atoms with E-state index < -0.39 is 66.1 Å². The number of alkyl carbamates (subject to hydrolysis) is 1. The topological polar surface area (TPSA) is 140 Å². The number of ether oxygens (including phenoxy) is 7. The van der Waals surface area contributed by atoms with Crippen molar-refractivity contribution in [2.75, 3.05) is 6.61 Å². The first kappa shape index (κ1) is 42.4. The van der Waals surface area contributed by atoms with Crippen LogP contribution in [0.15, 0.2) is 91.0 Å². The van der Waals surface area contributed by atoms with E-state index >= 15 is 0 Å². The number of benzene rings is 3. The molecular weight excluding hydrogens is 692 g/mol. The molecule has 3 aromatic carbocycles. The fourth-order valence-electron chi connectivity index (χ4n) is 5.80. The molecule has 7 atom stereocenters. The second-order valence-electron chi connectivity index (χ2n) is 15.3. The van der Waals surface area contributed by atoms with E-state index in [0.29, 0.717) is 6.61 Å². The zero-order valence-corrected chi connectivity index (χ0v) is 32.6. The summed E-state index contributed by atoms with van der Waals surface area (Å²) in [5, 5.41) is 5.59. The van der Waals surface area contributed by atoms with Crippen LogP contribution in [0.25, 0.3) is 0 Å². The lowest BCUT2D eigenvalue weighted by Gasteiger charge is -2.47. The lowest BCUT2D eigenvalue weighted by atomic mass is 9.95. The highest BCUT2D eigenvalue weighted by molar-refractivity contribution is 5.82. The molecule has 12 nitrogen and oxygen atoms in total. The van der Waals surface area contributed by atoms with Gasteiger partial charge in [-0.1, -0.05) is 91.0 Å². The molecule has 3 aromatic rings. The van der Waals surface area contributed by atoms with Gasteiger partial charge in [-0.2, -0.15) is 0 Å². The third-order valence-corrected chi connectivity index (χ3v) is 8.13. The lowest BCUT2D eigenvalue weighted by molar-refractivity contribution is -0.300. The molecule has 0 bridgehead atoms. The summed E-state index contributed by atoms with van der Waals surface area (Å²) < 4.78 is 43.8. The maximum atomic E-state index is 13.6. The highest BCUT2D eigenvalue weighted by Gasteiger charge is 2.50. The Kier molecular flexibility index (Phi) is 15.6. The van der Waals surface area contributed by atoms with Crippen molar-refractivity contribution in [3.05, 3.63) is 108 Å². The molecule has 4 rings (SSSR count). The molecule has 1 aliphatic rings. The van der Waals surface area contributed by atoms with E-state index in [1.165, 1.54) is 6.92 Å². The summed E-state index contributed by atoms with van der Waals surface area (Å²) >= 11 is 0. The Bertz CT molecular complexity index is 1590. The highest BCUT2D eigenvalue weighted by atomic mass is 16.7. The van der Waals surface area contributed by atoms with Gasteiger partial charge in [-0.05, 0) is 65.2 Å². The van der Waals surface area contributed by atoms with Gasteiger partial charge in [-0.15, -0.1) is 0 Å². The number of amides is 2. The average Bonchev–Trinajstić information content (AvgIpc) is 3.10. The second-order valence-corrected chi connectivity index (χ2v) is 15.3. The highest BCUT2D eigenvalue weighted by Crippen LogP contribution is 2.30. The molecule has 1 saturated heterocycles. The van der Waals surface area contributed by atoms with Crippen molar-refractivity contribution >= 4 is 18.0 Å². The van der Waals surface area contributed by atoms with E-state index in [-0.39, 0.29) is 25.7 Å². The summed E-state index contributed by atoms with van der Waals surface area (Å²) in [6.07, 6.45) is -5.42. The first-order valence-corrected chi connectivity index (χ1v) is 18.3. The van der Waals surface area contributed by atoms with Gasteiger partial charge in [0.1, 0.15) is 35.6 Å². The van der Waals surface area contributed by atoms with E-state index in [9.17, 15) is 14.4 Å². The summed E-state index contributed by atoms with van der Waals surface area (Å²) in [7, 11) is 0. The monoisotopic (exact) mass is 748 g/mol. The molecule has 1 heterocycles. The van der Waals surface area contributed by atoms with Gasteiger partial charge in [0.2, 0.25) is 5.91 Å². The first-order valence-electron chi connectivity index (χ1n) is 18.3. The SMILES string of the molecule is CC(=O)N[C@H]1[C@@H](O[C@H](C)[C@H](NC(=O)OC(C)(C)C)C(=O)OC(C)(C)C)O[C@H](COCc2ccccc2)[C@H](OCc2ccccc2)[C@@H]1OCc1ccccc1.